The van der Waals surface area contributed by atoms with Crippen LogP contribution in [0, 0.1) is 17.5 Å². The minimum atomic E-state index is -1.39. The molecule has 1 nitrogen and oxygen atoms in total. The summed E-state index contributed by atoms with van der Waals surface area (Å²) in [5, 5.41) is 3.28. The maximum absolute atomic E-state index is 13.3. The molecular weight excluding hydrogens is 263 g/mol. The highest BCUT2D eigenvalue weighted by Crippen LogP contribution is 2.24. The highest BCUT2D eigenvalue weighted by atomic mass is 19.2. The summed E-state index contributed by atoms with van der Waals surface area (Å²) >= 11 is 0. The fourth-order valence-corrected chi connectivity index (χ4v) is 2.26. The Bertz CT molecular complexity index is 384. The van der Waals surface area contributed by atoms with E-state index in [-0.39, 0.29) is 6.04 Å². The van der Waals surface area contributed by atoms with Gasteiger partial charge in [-0.15, -0.1) is 0 Å². The second-order valence-electron chi connectivity index (χ2n) is 5.15. The van der Waals surface area contributed by atoms with Crippen LogP contribution in [0.25, 0.3) is 0 Å². The highest BCUT2D eigenvalue weighted by molar-refractivity contribution is 5.22. The first-order valence-electron chi connectivity index (χ1n) is 7.48. The van der Waals surface area contributed by atoms with Crippen molar-refractivity contribution >= 4 is 0 Å². The molecule has 0 saturated carbocycles. The first kappa shape index (κ1) is 17.0. The summed E-state index contributed by atoms with van der Waals surface area (Å²) in [6, 6.07) is 2.09. The molecule has 0 amide bonds. The van der Waals surface area contributed by atoms with Crippen LogP contribution in [0.1, 0.15) is 64.0 Å². The molecule has 1 aromatic rings. The predicted octanol–water partition coefficient (Wildman–Crippen LogP) is 5.12. The van der Waals surface area contributed by atoms with Crippen molar-refractivity contribution in [3.05, 3.63) is 35.1 Å². The van der Waals surface area contributed by atoms with Gasteiger partial charge < -0.3 is 5.32 Å². The highest BCUT2D eigenvalue weighted by Gasteiger charge is 2.16. The molecule has 0 aliphatic heterocycles. The minimum Gasteiger partial charge on any atom is -0.310 e. The minimum absolute atomic E-state index is 0.114. The number of rotatable bonds is 9. The molecule has 1 aromatic carbocycles. The zero-order chi connectivity index (χ0) is 15.0. The summed E-state index contributed by atoms with van der Waals surface area (Å²) in [5.41, 5.74) is 0.492. The fraction of sp³-hybridized carbons (Fsp3) is 0.625. The van der Waals surface area contributed by atoms with Crippen LogP contribution in [0.5, 0.6) is 0 Å². The normalized spacial score (nSPS) is 12.7. The third-order valence-electron chi connectivity index (χ3n) is 3.40. The zero-order valence-corrected chi connectivity index (χ0v) is 12.3. The molecule has 114 valence electrons. The number of unbranched alkanes of at least 4 members (excludes halogenated alkanes) is 3. The van der Waals surface area contributed by atoms with E-state index in [2.05, 4.69) is 12.2 Å². The quantitative estimate of drug-likeness (QED) is 0.491. The lowest BCUT2D eigenvalue weighted by molar-refractivity contribution is 0.431. The Kier molecular flexibility index (Phi) is 7.67. The van der Waals surface area contributed by atoms with Gasteiger partial charge in [0.25, 0.3) is 0 Å². The van der Waals surface area contributed by atoms with Crippen LogP contribution in [0.4, 0.5) is 13.2 Å². The van der Waals surface area contributed by atoms with Crippen molar-refractivity contribution in [3.63, 3.8) is 0 Å². The fourth-order valence-electron chi connectivity index (χ4n) is 2.26. The molecule has 0 heterocycles. The molecule has 20 heavy (non-hydrogen) atoms. The lowest BCUT2D eigenvalue weighted by Crippen LogP contribution is -2.22. The molecular formula is C16H24F3N. The third-order valence-corrected chi connectivity index (χ3v) is 3.40. The average Bonchev–Trinajstić information content (AvgIpc) is 2.43. The van der Waals surface area contributed by atoms with Gasteiger partial charge in [-0.25, -0.2) is 13.2 Å². The monoisotopic (exact) mass is 287 g/mol. The Morgan fingerprint density at radius 3 is 2.15 bits per heavy atom. The van der Waals surface area contributed by atoms with Crippen molar-refractivity contribution in [1.29, 1.82) is 0 Å². The molecule has 1 unspecified atom stereocenters. The van der Waals surface area contributed by atoms with E-state index >= 15 is 0 Å². The van der Waals surface area contributed by atoms with Gasteiger partial charge in [-0.1, -0.05) is 39.5 Å². The summed E-state index contributed by atoms with van der Waals surface area (Å²) in [7, 11) is 0. The molecule has 1 atom stereocenters. The summed E-state index contributed by atoms with van der Waals surface area (Å²) in [6.07, 6.45) is 6.16. The van der Waals surface area contributed by atoms with Gasteiger partial charge in [0, 0.05) is 6.04 Å². The van der Waals surface area contributed by atoms with Gasteiger partial charge in [0.05, 0.1) is 0 Å². The number of hydrogen-bond acceptors (Lipinski definition) is 1. The van der Waals surface area contributed by atoms with Crippen molar-refractivity contribution in [2.45, 2.75) is 58.4 Å². The second-order valence-corrected chi connectivity index (χ2v) is 5.15. The van der Waals surface area contributed by atoms with Gasteiger partial charge in [-0.05, 0) is 37.1 Å². The van der Waals surface area contributed by atoms with Crippen molar-refractivity contribution in [2.75, 3.05) is 6.54 Å². The topological polar surface area (TPSA) is 12.0 Å². The van der Waals surface area contributed by atoms with E-state index in [0.717, 1.165) is 57.2 Å². The molecule has 0 aliphatic rings. The van der Waals surface area contributed by atoms with E-state index in [1.165, 1.54) is 0 Å². The van der Waals surface area contributed by atoms with Gasteiger partial charge in [0.15, 0.2) is 17.5 Å². The van der Waals surface area contributed by atoms with Crippen molar-refractivity contribution in [1.82, 2.24) is 5.32 Å². The maximum Gasteiger partial charge on any atom is 0.194 e. The van der Waals surface area contributed by atoms with E-state index in [1.807, 2.05) is 6.92 Å². The van der Waals surface area contributed by atoms with E-state index in [4.69, 9.17) is 0 Å². The van der Waals surface area contributed by atoms with Crippen LogP contribution in [0.3, 0.4) is 0 Å². The average molecular weight is 287 g/mol. The van der Waals surface area contributed by atoms with Gasteiger partial charge >= 0.3 is 0 Å². The van der Waals surface area contributed by atoms with Gasteiger partial charge in [0.2, 0.25) is 0 Å². The Morgan fingerprint density at radius 1 is 0.950 bits per heavy atom. The van der Waals surface area contributed by atoms with Gasteiger partial charge in [-0.3, -0.25) is 0 Å². The molecule has 0 aliphatic carbocycles. The molecule has 0 aromatic heterocycles. The Labute approximate surface area is 119 Å². The standard InChI is InChI=1S/C16H24F3N/c1-3-5-6-7-8-15(20-9-4-2)12-10-13(17)16(19)14(18)11-12/h10-11,15,20H,3-9H2,1-2H3. The molecule has 0 fully saturated rings. The number of nitrogens with one attached hydrogen (secondary N) is 1. The Hall–Kier alpha value is -1.03. The largest absolute Gasteiger partial charge is 0.310 e. The maximum atomic E-state index is 13.3. The van der Waals surface area contributed by atoms with E-state index in [0.29, 0.717) is 5.56 Å². The Balaban J connectivity index is 2.75. The van der Waals surface area contributed by atoms with Crippen LogP contribution in [0.15, 0.2) is 12.1 Å². The number of hydrogen-bond donors (Lipinski definition) is 1. The van der Waals surface area contributed by atoms with Crippen LogP contribution < -0.4 is 5.32 Å². The number of halogens is 3. The summed E-state index contributed by atoms with van der Waals surface area (Å²) in [5.74, 6) is -3.62. The molecule has 0 spiro atoms. The molecule has 0 bridgehead atoms. The van der Waals surface area contributed by atoms with E-state index in [9.17, 15) is 13.2 Å². The molecule has 1 N–H and O–H groups in total. The third kappa shape index (κ3) is 5.16. The molecule has 4 heteroatoms. The van der Waals surface area contributed by atoms with E-state index < -0.39 is 17.5 Å². The van der Waals surface area contributed by atoms with Crippen molar-refractivity contribution < 1.29 is 13.2 Å². The summed E-state index contributed by atoms with van der Waals surface area (Å²) in [6.45, 7) is 4.95. The SMILES string of the molecule is CCCCCCC(NCCC)c1cc(F)c(F)c(F)c1. The molecule has 0 radical (unpaired) electrons. The van der Waals surface area contributed by atoms with Crippen LogP contribution >= 0.6 is 0 Å². The first-order valence-corrected chi connectivity index (χ1v) is 7.48. The van der Waals surface area contributed by atoms with E-state index in [1.54, 1.807) is 0 Å². The summed E-state index contributed by atoms with van der Waals surface area (Å²) in [4.78, 5) is 0. The Morgan fingerprint density at radius 2 is 1.60 bits per heavy atom. The molecule has 0 saturated heterocycles. The summed E-state index contributed by atoms with van der Waals surface area (Å²) < 4.78 is 39.7. The van der Waals surface area contributed by atoms with Gasteiger partial charge in [-0.2, -0.15) is 0 Å². The first-order chi connectivity index (χ1) is 9.60. The number of benzene rings is 1. The molecule has 1 rings (SSSR count). The predicted molar refractivity (Wildman–Crippen MR) is 76.1 cm³/mol. The van der Waals surface area contributed by atoms with Gasteiger partial charge in [0.1, 0.15) is 0 Å². The van der Waals surface area contributed by atoms with Crippen LogP contribution in [-0.4, -0.2) is 6.54 Å². The lowest BCUT2D eigenvalue weighted by Gasteiger charge is -2.19. The second kappa shape index (κ2) is 9.01. The lowest BCUT2D eigenvalue weighted by atomic mass is 9.99. The van der Waals surface area contributed by atoms with Crippen molar-refractivity contribution in [3.8, 4) is 0 Å². The van der Waals surface area contributed by atoms with Crippen LogP contribution in [-0.2, 0) is 0 Å². The smallest absolute Gasteiger partial charge is 0.194 e. The van der Waals surface area contributed by atoms with Crippen molar-refractivity contribution in [2.24, 2.45) is 0 Å². The zero-order valence-electron chi connectivity index (χ0n) is 12.3. The van der Waals surface area contributed by atoms with Crippen LogP contribution in [0.2, 0.25) is 0 Å².